The minimum Gasteiger partial charge on any atom is -0.275 e. The molecule has 24 heavy (non-hydrogen) atoms. The Hall–Kier alpha value is -3.20. The first kappa shape index (κ1) is 14.4. The van der Waals surface area contributed by atoms with Gasteiger partial charge in [0.05, 0.1) is 5.69 Å². The van der Waals surface area contributed by atoms with Gasteiger partial charge in [-0.15, -0.1) is 0 Å². The second-order valence-corrected chi connectivity index (χ2v) is 5.73. The van der Waals surface area contributed by atoms with Crippen molar-refractivity contribution in [2.45, 2.75) is 0 Å². The molecule has 4 aromatic rings. The van der Waals surface area contributed by atoms with Crippen LogP contribution in [0.1, 0.15) is 0 Å². The van der Waals surface area contributed by atoms with Crippen molar-refractivity contribution in [2.24, 2.45) is 7.05 Å². The van der Waals surface area contributed by atoms with Gasteiger partial charge >= 0.3 is 0 Å². The summed E-state index contributed by atoms with van der Waals surface area (Å²) in [5, 5.41) is 4.66. The molecular formula is C21H17N3. The molecule has 3 nitrogen and oxygen atoms in total. The van der Waals surface area contributed by atoms with E-state index in [0.717, 1.165) is 33.6 Å². The van der Waals surface area contributed by atoms with Gasteiger partial charge in [0.15, 0.2) is 0 Å². The van der Waals surface area contributed by atoms with E-state index in [9.17, 15) is 0 Å². The molecular weight excluding hydrogens is 294 g/mol. The van der Waals surface area contributed by atoms with Crippen LogP contribution in [-0.2, 0) is 7.05 Å². The van der Waals surface area contributed by atoms with Crippen LogP contribution in [0.5, 0.6) is 0 Å². The molecule has 116 valence electrons. The predicted molar refractivity (Wildman–Crippen MR) is 97.3 cm³/mol. The van der Waals surface area contributed by atoms with Crippen molar-refractivity contribution in [1.82, 2.24) is 14.8 Å². The van der Waals surface area contributed by atoms with Crippen molar-refractivity contribution in [3.63, 3.8) is 0 Å². The molecule has 0 saturated heterocycles. The zero-order valence-corrected chi connectivity index (χ0v) is 13.4. The van der Waals surface area contributed by atoms with E-state index >= 15 is 0 Å². The lowest BCUT2D eigenvalue weighted by Crippen LogP contribution is -1.87. The minimum atomic E-state index is 0.968. The van der Waals surface area contributed by atoms with Gasteiger partial charge in [0.2, 0.25) is 0 Å². The van der Waals surface area contributed by atoms with E-state index in [1.54, 1.807) is 0 Å². The maximum Gasteiger partial charge on any atom is 0.100 e. The molecule has 0 aliphatic rings. The molecule has 0 aliphatic heterocycles. The van der Waals surface area contributed by atoms with Crippen LogP contribution in [-0.4, -0.2) is 14.8 Å². The maximum absolute atomic E-state index is 4.66. The number of nitrogens with zero attached hydrogens (tertiary/aromatic N) is 3. The zero-order chi connectivity index (χ0) is 16.4. The molecule has 0 spiro atoms. The van der Waals surface area contributed by atoms with Gasteiger partial charge in [0, 0.05) is 36.1 Å². The number of hydrogen-bond donors (Lipinski definition) is 0. The summed E-state index contributed by atoms with van der Waals surface area (Å²) < 4.78 is 1.86. The van der Waals surface area contributed by atoms with Crippen molar-refractivity contribution in [3.8, 4) is 33.6 Å². The second kappa shape index (κ2) is 6.13. The molecule has 0 saturated carbocycles. The third kappa shape index (κ3) is 2.72. The Morgan fingerprint density at radius 3 is 2.12 bits per heavy atom. The normalized spacial score (nSPS) is 10.7. The van der Waals surface area contributed by atoms with Crippen molar-refractivity contribution < 1.29 is 0 Å². The summed E-state index contributed by atoms with van der Waals surface area (Å²) in [6, 6.07) is 24.7. The smallest absolute Gasteiger partial charge is 0.100 e. The molecule has 0 fully saturated rings. The van der Waals surface area contributed by atoms with Gasteiger partial charge in [-0.1, -0.05) is 60.7 Å². The van der Waals surface area contributed by atoms with Gasteiger partial charge in [-0.2, -0.15) is 5.10 Å². The molecule has 4 rings (SSSR count). The highest BCUT2D eigenvalue weighted by molar-refractivity contribution is 5.82. The Morgan fingerprint density at radius 1 is 0.750 bits per heavy atom. The summed E-state index contributed by atoms with van der Waals surface area (Å²) in [4.78, 5) is 4.52. The fourth-order valence-electron chi connectivity index (χ4n) is 2.87. The lowest BCUT2D eigenvalue weighted by atomic mass is 10.0. The molecule has 3 heteroatoms. The van der Waals surface area contributed by atoms with Crippen LogP contribution in [0.15, 0.2) is 85.2 Å². The SMILES string of the molecule is Cn1cc(-c2ccnc(-c3ccccc3)c2)c(-c2ccccc2)n1. The fourth-order valence-corrected chi connectivity index (χ4v) is 2.87. The van der Waals surface area contributed by atoms with E-state index in [4.69, 9.17) is 0 Å². The predicted octanol–water partition coefficient (Wildman–Crippen LogP) is 4.82. The maximum atomic E-state index is 4.66. The molecule has 0 bridgehead atoms. The van der Waals surface area contributed by atoms with Crippen molar-refractivity contribution >= 4 is 0 Å². The Balaban J connectivity index is 1.83. The summed E-state index contributed by atoms with van der Waals surface area (Å²) in [6.07, 6.45) is 3.92. The Kier molecular flexibility index (Phi) is 3.67. The van der Waals surface area contributed by atoms with Gasteiger partial charge in [0.1, 0.15) is 5.69 Å². The standard InChI is InChI=1S/C21H17N3/c1-24-15-19(21(23-24)17-10-6-3-7-11-17)18-12-13-22-20(14-18)16-8-4-2-5-9-16/h2-15H,1H3. The van der Waals surface area contributed by atoms with Crippen LogP contribution in [0.3, 0.4) is 0 Å². The molecule has 0 N–H and O–H groups in total. The van der Waals surface area contributed by atoms with Crippen LogP contribution in [0, 0.1) is 0 Å². The van der Waals surface area contributed by atoms with Gasteiger partial charge in [0.25, 0.3) is 0 Å². The molecule has 2 aromatic carbocycles. The van der Waals surface area contributed by atoms with Crippen LogP contribution in [0.2, 0.25) is 0 Å². The van der Waals surface area contributed by atoms with E-state index in [2.05, 4.69) is 46.6 Å². The topological polar surface area (TPSA) is 30.7 Å². The van der Waals surface area contributed by atoms with Crippen LogP contribution < -0.4 is 0 Å². The quantitative estimate of drug-likeness (QED) is 0.543. The zero-order valence-electron chi connectivity index (χ0n) is 13.4. The summed E-state index contributed by atoms with van der Waals surface area (Å²) >= 11 is 0. The Bertz CT molecular complexity index is 957. The van der Waals surface area contributed by atoms with Gasteiger partial charge < -0.3 is 0 Å². The van der Waals surface area contributed by atoms with Crippen LogP contribution >= 0.6 is 0 Å². The van der Waals surface area contributed by atoms with Gasteiger partial charge in [-0.3, -0.25) is 9.67 Å². The minimum absolute atomic E-state index is 0.968. The van der Waals surface area contributed by atoms with Crippen molar-refractivity contribution in [2.75, 3.05) is 0 Å². The third-order valence-corrected chi connectivity index (χ3v) is 4.02. The largest absolute Gasteiger partial charge is 0.275 e. The first-order valence-electron chi connectivity index (χ1n) is 7.92. The number of aryl methyl sites for hydroxylation is 1. The number of benzene rings is 2. The first-order chi connectivity index (χ1) is 11.8. The van der Waals surface area contributed by atoms with Gasteiger partial charge in [-0.05, 0) is 17.7 Å². The van der Waals surface area contributed by atoms with Gasteiger partial charge in [-0.25, -0.2) is 0 Å². The fraction of sp³-hybridized carbons (Fsp3) is 0.0476. The highest BCUT2D eigenvalue weighted by Gasteiger charge is 2.13. The highest BCUT2D eigenvalue weighted by atomic mass is 15.2. The average molecular weight is 311 g/mol. The van der Waals surface area contributed by atoms with Crippen molar-refractivity contribution in [1.29, 1.82) is 0 Å². The number of rotatable bonds is 3. The first-order valence-corrected chi connectivity index (χ1v) is 7.92. The Labute approximate surface area is 141 Å². The van der Waals surface area contributed by atoms with Crippen molar-refractivity contribution in [3.05, 3.63) is 85.2 Å². The molecule has 0 radical (unpaired) electrons. The number of hydrogen-bond acceptors (Lipinski definition) is 2. The van der Waals surface area contributed by atoms with Crippen LogP contribution in [0.4, 0.5) is 0 Å². The summed E-state index contributed by atoms with van der Waals surface area (Å²) in [5.41, 5.74) is 6.43. The molecule has 0 unspecified atom stereocenters. The molecule has 2 aromatic heterocycles. The molecule has 0 amide bonds. The molecule has 0 aliphatic carbocycles. The number of pyridine rings is 1. The lowest BCUT2D eigenvalue weighted by Gasteiger charge is -2.06. The van der Waals surface area contributed by atoms with E-state index in [1.165, 1.54) is 0 Å². The monoisotopic (exact) mass is 311 g/mol. The Morgan fingerprint density at radius 2 is 1.42 bits per heavy atom. The highest BCUT2D eigenvalue weighted by Crippen LogP contribution is 2.32. The van der Waals surface area contributed by atoms with E-state index in [0.29, 0.717) is 0 Å². The summed E-state index contributed by atoms with van der Waals surface area (Å²) in [5.74, 6) is 0. The van der Waals surface area contributed by atoms with Crippen LogP contribution in [0.25, 0.3) is 33.6 Å². The molecule has 0 atom stereocenters. The van der Waals surface area contributed by atoms with E-state index in [1.807, 2.05) is 60.4 Å². The second-order valence-electron chi connectivity index (χ2n) is 5.73. The third-order valence-electron chi connectivity index (χ3n) is 4.02. The molecule has 2 heterocycles. The number of aromatic nitrogens is 3. The summed E-state index contributed by atoms with van der Waals surface area (Å²) in [7, 11) is 1.95. The summed E-state index contributed by atoms with van der Waals surface area (Å²) in [6.45, 7) is 0. The van der Waals surface area contributed by atoms with E-state index < -0.39 is 0 Å². The van der Waals surface area contributed by atoms with E-state index in [-0.39, 0.29) is 0 Å². The lowest BCUT2D eigenvalue weighted by molar-refractivity contribution is 0.771. The average Bonchev–Trinajstić information content (AvgIpc) is 3.05.